The van der Waals surface area contributed by atoms with Crippen molar-refractivity contribution < 1.29 is 4.74 Å². The predicted octanol–water partition coefficient (Wildman–Crippen LogP) is 1.88. The molecule has 1 aliphatic heterocycles. The minimum Gasteiger partial charge on any atom is -0.380 e. The third-order valence-corrected chi connectivity index (χ3v) is 3.99. The fourth-order valence-corrected chi connectivity index (χ4v) is 2.49. The highest BCUT2D eigenvalue weighted by Gasteiger charge is 2.21. The second-order valence-corrected chi connectivity index (χ2v) is 5.88. The monoisotopic (exact) mass is 240 g/mol. The van der Waals surface area contributed by atoms with Crippen molar-refractivity contribution in [2.24, 2.45) is 5.92 Å². The van der Waals surface area contributed by atoms with Gasteiger partial charge in [-0.1, -0.05) is 0 Å². The molecule has 3 heteroatoms. The van der Waals surface area contributed by atoms with Gasteiger partial charge in [0.1, 0.15) is 0 Å². The Labute approximate surface area is 106 Å². The molecule has 0 spiro atoms. The number of nitrogens with one attached hydrogen (secondary N) is 1. The van der Waals surface area contributed by atoms with Crippen LogP contribution in [0.2, 0.25) is 0 Å². The molecule has 0 amide bonds. The lowest BCUT2D eigenvalue weighted by molar-refractivity contribution is 0.116. The number of rotatable bonds is 7. The van der Waals surface area contributed by atoms with Crippen molar-refractivity contribution in [1.82, 2.24) is 10.2 Å². The van der Waals surface area contributed by atoms with E-state index in [1.807, 2.05) is 0 Å². The van der Waals surface area contributed by atoms with E-state index in [9.17, 15) is 0 Å². The van der Waals surface area contributed by atoms with Crippen molar-refractivity contribution in [2.75, 3.05) is 32.8 Å². The van der Waals surface area contributed by atoms with Gasteiger partial charge >= 0.3 is 0 Å². The molecule has 17 heavy (non-hydrogen) atoms. The smallest absolute Gasteiger partial charge is 0.0591 e. The van der Waals surface area contributed by atoms with Gasteiger partial charge < -0.3 is 15.0 Å². The Bertz CT molecular complexity index is 208. The zero-order chi connectivity index (χ0) is 12.1. The van der Waals surface area contributed by atoms with Crippen molar-refractivity contribution in [3.8, 4) is 0 Å². The van der Waals surface area contributed by atoms with E-state index in [2.05, 4.69) is 24.1 Å². The lowest BCUT2D eigenvalue weighted by Gasteiger charge is -2.35. The van der Waals surface area contributed by atoms with Crippen molar-refractivity contribution in [2.45, 2.75) is 51.6 Å². The summed E-state index contributed by atoms with van der Waals surface area (Å²) in [4.78, 5) is 2.57. The minimum atomic E-state index is 0.706. The lowest BCUT2D eigenvalue weighted by atomic mass is 10.0. The molecule has 2 fully saturated rings. The Kier molecular flexibility index (Phi) is 5.26. The molecule has 100 valence electrons. The summed E-state index contributed by atoms with van der Waals surface area (Å²) in [5.74, 6) is 0.893. The summed E-state index contributed by atoms with van der Waals surface area (Å²) in [6.07, 6.45) is 5.36. The minimum absolute atomic E-state index is 0.706. The van der Waals surface area contributed by atoms with Crippen LogP contribution in [0.1, 0.15) is 39.5 Å². The number of likely N-dealkylation sites (tertiary alicyclic amines) is 1. The highest BCUT2D eigenvalue weighted by atomic mass is 16.5. The van der Waals surface area contributed by atoms with Crippen LogP contribution in [0.4, 0.5) is 0 Å². The van der Waals surface area contributed by atoms with E-state index in [-0.39, 0.29) is 0 Å². The Morgan fingerprint density at radius 1 is 1.18 bits per heavy atom. The van der Waals surface area contributed by atoms with Gasteiger partial charge in [0.25, 0.3) is 0 Å². The van der Waals surface area contributed by atoms with Crippen LogP contribution in [0, 0.1) is 5.92 Å². The summed E-state index contributed by atoms with van der Waals surface area (Å²) in [7, 11) is 0. The molecule has 0 atom stereocenters. The van der Waals surface area contributed by atoms with Gasteiger partial charge in [-0.2, -0.15) is 0 Å². The van der Waals surface area contributed by atoms with Gasteiger partial charge in [-0.3, -0.25) is 0 Å². The molecule has 2 rings (SSSR count). The van der Waals surface area contributed by atoms with Crippen LogP contribution in [0.3, 0.4) is 0 Å². The van der Waals surface area contributed by atoms with E-state index in [4.69, 9.17) is 4.74 Å². The maximum Gasteiger partial charge on any atom is 0.0591 e. The van der Waals surface area contributed by atoms with Crippen LogP contribution in [-0.2, 0) is 4.74 Å². The van der Waals surface area contributed by atoms with Gasteiger partial charge in [-0.05, 0) is 58.5 Å². The molecule has 0 aromatic rings. The van der Waals surface area contributed by atoms with Crippen molar-refractivity contribution in [3.05, 3.63) is 0 Å². The van der Waals surface area contributed by atoms with E-state index in [1.165, 1.54) is 38.8 Å². The number of nitrogens with zero attached hydrogens (tertiary/aromatic N) is 1. The van der Waals surface area contributed by atoms with Crippen LogP contribution in [0.15, 0.2) is 0 Å². The Hall–Kier alpha value is -0.120. The zero-order valence-electron chi connectivity index (χ0n) is 11.5. The largest absolute Gasteiger partial charge is 0.380 e. The van der Waals surface area contributed by atoms with E-state index >= 15 is 0 Å². The maximum absolute atomic E-state index is 5.64. The molecule has 0 aromatic carbocycles. The van der Waals surface area contributed by atoms with E-state index in [0.29, 0.717) is 6.04 Å². The summed E-state index contributed by atoms with van der Waals surface area (Å²) < 4.78 is 5.64. The fraction of sp³-hybridized carbons (Fsp3) is 1.00. The van der Waals surface area contributed by atoms with Crippen LogP contribution in [0.5, 0.6) is 0 Å². The molecule has 0 unspecified atom stereocenters. The molecule has 0 aromatic heterocycles. The molecule has 1 N–H and O–H groups in total. The van der Waals surface area contributed by atoms with Crippen molar-refractivity contribution in [1.29, 1.82) is 0 Å². The van der Waals surface area contributed by atoms with Gasteiger partial charge in [0.15, 0.2) is 0 Å². The first-order valence-corrected chi connectivity index (χ1v) is 7.31. The average Bonchev–Trinajstić information content (AvgIpc) is 3.13. The molecule has 1 heterocycles. The van der Waals surface area contributed by atoms with Crippen LogP contribution in [0.25, 0.3) is 0 Å². The SMILES string of the molecule is CC(C)N1CCC(NCCOCC2CC2)CC1. The maximum atomic E-state index is 5.64. The van der Waals surface area contributed by atoms with Crippen LogP contribution in [-0.4, -0.2) is 49.8 Å². The topological polar surface area (TPSA) is 24.5 Å². The number of ether oxygens (including phenoxy) is 1. The highest BCUT2D eigenvalue weighted by molar-refractivity contribution is 4.78. The quantitative estimate of drug-likeness (QED) is 0.688. The molecular formula is C14H28N2O. The van der Waals surface area contributed by atoms with Crippen molar-refractivity contribution in [3.63, 3.8) is 0 Å². The van der Waals surface area contributed by atoms with Gasteiger partial charge in [0, 0.05) is 25.2 Å². The van der Waals surface area contributed by atoms with E-state index < -0.39 is 0 Å². The van der Waals surface area contributed by atoms with Crippen LogP contribution < -0.4 is 5.32 Å². The molecule has 0 bridgehead atoms. The molecule has 0 radical (unpaired) electrons. The number of hydrogen-bond acceptors (Lipinski definition) is 3. The van der Waals surface area contributed by atoms with Gasteiger partial charge in [0.2, 0.25) is 0 Å². The van der Waals surface area contributed by atoms with Gasteiger partial charge in [-0.25, -0.2) is 0 Å². The fourth-order valence-electron chi connectivity index (χ4n) is 2.49. The van der Waals surface area contributed by atoms with Crippen LogP contribution >= 0.6 is 0 Å². The second kappa shape index (κ2) is 6.72. The lowest BCUT2D eigenvalue weighted by Crippen LogP contribution is -2.45. The zero-order valence-corrected chi connectivity index (χ0v) is 11.5. The molecule has 1 saturated carbocycles. The first-order chi connectivity index (χ1) is 8.25. The van der Waals surface area contributed by atoms with E-state index in [1.54, 1.807) is 0 Å². The summed E-state index contributed by atoms with van der Waals surface area (Å²) in [5, 5.41) is 3.62. The first-order valence-electron chi connectivity index (χ1n) is 7.31. The van der Waals surface area contributed by atoms with E-state index in [0.717, 1.165) is 31.7 Å². The third kappa shape index (κ3) is 4.94. The molecule has 2 aliphatic rings. The summed E-state index contributed by atoms with van der Waals surface area (Å²) in [6.45, 7) is 9.99. The Balaban J connectivity index is 1.46. The number of hydrogen-bond donors (Lipinski definition) is 1. The number of piperidine rings is 1. The van der Waals surface area contributed by atoms with Gasteiger partial charge in [0.05, 0.1) is 6.61 Å². The van der Waals surface area contributed by atoms with Gasteiger partial charge in [-0.15, -0.1) is 0 Å². The molecule has 1 aliphatic carbocycles. The first kappa shape index (κ1) is 13.3. The molecular weight excluding hydrogens is 212 g/mol. The highest BCUT2D eigenvalue weighted by Crippen LogP contribution is 2.28. The average molecular weight is 240 g/mol. The Morgan fingerprint density at radius 3 is 2.47 bits per heavy atom. The predicted molar refractivity (Wildman–Crippen MR) is 71.3 cm³/mol. The standard InChI is InChI=1S/C14H28N2O/c1-12(2)16-8-5-14(6-9-16)15-7-10-17-11-13-3-4-13/h12-15H,3-11H2,1-2H3. The second-order valence-electron chi connectivity index (χ2n) is 5.88. The summed E-state index contributed by atoms with van der Waals surface area (Å²) >= 11 is 0. The summed E-state index contributed by atoms with van der Waals surface area (Å²) in [6, 6.07) is 1.42. The third-order valence-electron chi connectivity index (χ3n) is 3.99. The normalized spacial score (nSPS) is 23.5. The van der Waals surface area contributed by atoms with Crippen molar-refractivity contribution >= 4 is 0 Å². The summed E-state index contributed by atoms with van der Waals surface area (Å²) in [5.41, 5.74) is 0. The Morgan fingerprint density at radius 2 is 1.88 bits per heavy atom. The molecule has 3 nitrogen and oxygen atoms in total. The molecule has 1 saturated heterocycles.